The van der Waals surface area contributed by atoms with Gasteiger partial charge in [-0.2, -0.15) is 4.98 Å². The quantitative estimate of drug-likeness (QED) is 0.492. The molecule has 1 atom stereocenters. The lowest BCUT2D eigenvalue weighted by atomic mass is 9.98. The molecular weight excluding hydrogens is 481 g/mol. The molecule has 1 N–H and O–H groups in total. The summed E-state index contributed by atoms with van der Waals surface area (Å²) in [7, 11) is 2.90. The number of halogens is 1. The van der Waals surface area contributed by atoms with Gasteiger partial charge in [0.25, 0.3) is 11.5 Å². The molecule has 1 aliphatic heterocycles. The molecule has 196 valence electrons. The third kappa shape index (κ3) is 5.29. The van der Waals surface area contributed by atoms with Crippen molar-refractivity contribution in [2.75, 3.05) is 27.3 Å². The first kappa shape index (κ1) is 26.2. The largest absolute Gasteiger partial charge is 0.494 e. The third-order valence-corrected chi connectivity index (χ3v) is 6.31. The Morgan fingerprint density at radius 2 is 1.84 bits per heavy atom. The number of nitrogens with zero attached hydrogens (tertiary/aromatic N) is 3. The maximum absolute atomic E-state index is 13.9. The lowest BCUT2D eigenvalue weighted by molar-refractivity contribution is 0.0591. The molecule has 2 heterocycles. The number of carbonyl (C=O) groups is 1. The normalized spacial score (nSPS) is 15.3. The van der Waals surface area contributed by atoms with Crippen LogP contribution in [0.15, 0.2) is 47.3 Å². The molecule has 0 aliphatic carbocycles. The molecule has 1 unspecified atom stereocenters. The fraction of sp³-hybridized carbons (Fsp3) is 0.370. The average Bonchev–Trinajstić information content (AvgIpc) is 3.37. The Morgan fingerprint density at radius 1 is 1.16 bits per heavy atom. The highest BCUT2D eigenvalue weighted by molar-refractivity contribution is 5.96. The summed E-state index contributed by atoms with van der Waals surface area (Å²) in [4.78, 5) is 33.1. The van der Waals surface area contributed by atoms with Crippen molar-refractivity contribution in [2.45, 2.75) is 38.9 Å². The number of benzene rings is 2. The Hall–Kier alpha value is -3.92. The topological polar surface area (TPSA) is 103 Å². The number of likely N-dealkylation sites (tertiary alicyclic amines) is 1. The Bertz CT molecular complexity index is 1330. The number of methoxy groups -OCH3 is 2. The summed E-state index contributed by atoms with van der Waals surface area (Å²) in [6.45, 7) is 4.16. The van der Waals surface area contributed by atoms with Crippen LogP contribution in [-0.4, -0.2) is 58.9 Å². The number of ether oxygens (including phenoxy) is 3. The fourth-order valence-corrected chi connectivity index (χ4v) is 4.50. The minimum atomic E-state index is -0.781. The second-order valence-corrected chi connectivity index (χ2v) is 9.03. The van der Waals surface area contributed by atoms with Crippen molar-refractivity contribution in [1.82, 2.24) is 14.5 Å². The van der Waals surface area contributed by atoms with Crippen LogP contribution < -0.4 is 15.0 Å². The number of aromatic hydroxyl groups is 1. The van der Waals surface area contributed by atoms with E-state index in [1.54, 1.807) is 24.3 Å². The molecule has 9 nitrogen and oxygen atoms in total. The summed E-state index contributed by atoms with van der Waals surface area (Å²) in [6.07, 6.45) is 0.413. The zero-order valence-corrected chi connectivity index (χ0v) is 21.2. The zero-order valence-electron chi connectivity index (χ0n) is 21.2. The summed E-state index contributed by atoms with van der Waals surface area (Å²) >= 11 is 0. The summed E-state index contributed by atoms with van der Waals surface area (Å²) in [5, 5.41) is 10.8. The van der Waals surface area contributed by atoms with Crippen LogP contribution in [0.2, 0.25) is 0 Å². The van der Waals surface area contributed by atoms with E-state index >= 15 is 0 Å². The molecular formula is C27H30FN3O6. The molecule has 0 spiro atoms. The van der Waals surface area contributed by atoms with Crippen LogP contribution in [0.1, 0.15) is 47.9 Å². The maximum Gasteiger partial charge on any atom is 0.275 e. The summed E-state index contributed by atoms with van der Waals surface area (Å²) in [5.74, 6) is -1.09. The van der Waals surface area contributed by atoms with E-state index in [1.165, 1.54) is 35.8 Å². The number of carbonyl (C=O) groups excluding carboxylic acids is 1. The van der Waals surface area contributed by atoms with Crippen molar-refractivity contribution < 1.29 is 28.5 Å². The second-order valence-electron chi connectivity index (χ2n) is 9.03. The van der Waals surface area contributed by atoms with Crippen LogP contribution in [0.3, 0.4) is 0 Å². The number of hydrogen-bond acceptors (Lipinski definition) is 7. The van der Waals surface area contributed by atoms with E-state index in [9.17, 15) is 19.1 Å². The number of rotatable bonds is 8. The van der Waals surface area contributed by atoms with Gasteiger partial charge in [-0.1, -0.05) is 18.2 Å². The predicted octanol–water partition coefficient (Wildman–Crippen LogP) is 3.65. The van der Waals surface area contributed by atoms with E-state index < -0.39 is 22.9 Å². The van der Waals surface area contributed by atoms with Crippen LogP contribution in [0.4, 0.5) is 4.39 Å². The summed E-state index contributed by atoms with van der Waals surface area (Å²) in [5.41, 5.74) is -0.242. The maximum atomic E-state index is 13.9. The van der Waals surface area contributed by atoms with Gasteiger partial charge < -0.3 is 24.2 Å². The SMILES string of the molecule is COc1cccc(OC)c1-n1c(COC(C)C)nc(O)c(C(=O)N2CCC(c3cccc(F)c3)C2)c1=O. The Morgan fingerprint density at radius 3 is 2.46 bits per heavy atom. The average molecular weight is 512 g/mol. The minimum Gasteiger partial charge on any atom is -0.494 e. The summed E-state index contributed by atoms with van der Waals surface area (Å²) in [6, 6.07) is 11.2. The first-order chi connectivity index (χ1) is 17.7. The molecule has 1 amide bonds. The molecule has 1 aliphatic rings. The molecule has 3 aromatic rings. The molecule has 1 saturated heterocycles. The van der Waals surface area contributed by atoms with Gasteiger partial charge in [-0.25, -0.2) is 4.39 Å². The van der Waals surface area contributed by atoms with E-state index in [-0.39, 0.29) is 42.5 Å². The van der Waals surface area contributed by atoms with Gasteiger partial charge in [0, 0.05) is 19.0 Å². The van der Waals surface area contributed by atoms with Gasteiger partial charge >= 0.3 is 0 Å². The molecule has 2 aromatic carbocycles. The first-order valence-electron chi connectivity index (χ1n) is 12.0. The smallest absolute Gasteiger partial charge is 0.275 e. The van der Waals surface area contributed by atoms with E-state index in [1.807, 2.05) is 19.9 Å². The van der Waals surface area contributed by atoms with Crippen LogP contribution in [0.5, 0.6) is 17.4 Å². The monoisotopic (exact) mass is 511 g/mol. The van der Waals surface area contributed by atoms with Gasteiger partial charge in [-0.15, -0.1) is 0 Å². The summed E-state index contributed by atoms with van der Waals surface area (Å²) < 4.78 is 31.6. The third-order valence-electron chi connectivity index (χ3n) is 6.31. The number of aromatic nitrogens is 2. The highest BCUT2D eigenvalue weighted by Crippen LogP contribution is 2.34. The van der Waals surface area contributed by atoms with Crippen molar-refractivity contribution >= 4 is 5.91 Å². The van der Waals surface area contributed by atoms with E-state index in [2.05, 4.69) is 4.98 Å². The van der Waals surface area contributed by atoms with Gasteiger partial charge in [0.1, 0.15) is 35.4 Å². The van der Waals surface area contributed by atoms with Crippen molar-refractivity contribution in [2.24, 2.45) is 0 Å². The standard InChI is InChI=1S/C27H30FN3O6/c1-16(2)37-15-22-29-25(32)23(27(34)31(22)24-20(35-3)9-6-10-21(24)36-4)26(33)30-12-11-18(14-30)17-7-5-8-19(28)13-17/h5-10,13,16,18,32H,11-12,14-15H2,1-4H3. The minimum absolute atomic E-state index is 0.0783. The van der Waals surface area contributed by atoms with Crippen LogP contribution in [0.25, 0.3) is 5.69 Å². The van der Waals surface area contributed by atoms with Crippen molar-refractivity contribution in [3.63, 3.8) is 0 Å². The van der Waals surface area contributed by atoms with E-state index in [0.29, 0.717) is 24.5 Å². The predicted molar refractivity (Wildman–Crippen MR) is 134 cm³/mol. The molecule has 10 heteroatoms. The van der Waals surface area contributed by atoms with Gasteiger partial charge in [-0.05, 0) is 50.1 Å². The highest BCUT2D eigenvalue weighted by Gasteiger charge is 2.33. The van der Waals surface area contributed by atoms with E-state index in [0.717, 1.165) is 5.56 Å². The Kier molecular flexibility index (Phi) is 7.77. The number of hydrogen-bond donors (Lipinski definition) is 1. The Balaban J connectivity index is 1.79. The van der Waals surface area contributed by atoms with Crippen LogP contribution >= 0.6 is 0 Å². The van der Waals surface area contributed by atoms with Crippen LogP contribution in [-0.2, 0) is 11.3 Å². The molecule has 4 rings (SSSR count). The molecule has 37 heavy (non-hydrogen) atoms. The zero-order chi connectivity index (χ0) is 26.7. The van der Waals surface area contributed by atoms with Gasteiger partial charge in [-0.3, -0.25) is 14.2 Å². The number of para-hydroxylation sites is 1. The second kappa shape index (κ2) is 11.0. The van der Waals surface area contributed by atoms with Crippen molar-refractivity contribution in [1.29, 1.82) is 0 Å². The van der Waals surface area contributed by atoms with Gasteiger partial charge in [0.05, 0.1) is 20.3 Å². The lowest BCUT2D eigenvalue weighted by Crippen LogP contribution is -2.37. The number of amides is 1. The molecule has 0 radical (unpaired) electrons. The molecule has 0 saturated carbocycles. The lowest BCUT2D eigenvalue weighted by Gasteiger charge is -2.21. The van der Waals surface area contributed by atoms with Crippen molar-refractivity contribution in [3.05, 3.63) is 75.6 Å². The fourth-order valence-electron chi connectivity index (χ4n) is 4.50. The van der Waals surface area contributed by atoms with Gasteiger partial charge in [0.15, 0.2) is 5.56 Å². The highest BCUT2D eigenvalue weighted by atomic mass is 19.1. The molecule has 1 fully saturated rings. The molecule has 0 bridgehead atoms. The van der Waals surface area contributed by atoms with Crippen LogP contribution in [0, 0.1) is 5.82 Å². The van der Waals surface area contributed by atoms with Gasteiger partial charge in [0.2, 0.25) is 5.88 Å². The molecule has 1 aromatic heterocycles. The Labute approximate surface area is 214 Å². The van der Waals surface area contributed by atoms with E-state index in [4.69, 9.17) is 14.2 Å². The first-order valence-corrected chi connectivity index (χ1v) is 12.0. The van der Waals surface area contributed by atoms with Crippen molar-refractivity contribution in [3.8, 4) is 23.1 Å².